The van der Waals surface area contributed by atoms with E-state index in [-0.39, 0.29) is 6.03 Å². The van der Waals surface area contributed by atoms with Crippen molar-refractivity contribution in [3.05, 3.63) is 71.1 Å². The van der Waals surface area contributed by atoms with Gasteiger partial charge in [0.1, 0.15) is 11.6 Å². The lowest BCUT2D eigenvalue weighted by atomic mass is 9.96. The van der Waals surface area contributed by atoms with Crippen LogP contribution in [0.1, 0.15) is 49.1 Å². The van der Waals surface area contributed by atoms with Gasteiger partial charge in [-0.25, -0.2) is 14.2 Å². The minimum absolute atomic E-state index is 0.302. The van der Waals surface area contributed by atoms with Crippen LogP contribution in [-0.2, 0) is 6.54 Å². The Labute approximate surface area is 189 Å². The van der Waals surface area contributed by atoms with E-state index in [1.807, 2.05) is 26.8 Å². The second-order valence-corrected chi connectivity index (χ2v) is 8.28. The smallest absolute Gasteiger partial charge is 0.321 e. The maximum absolute atomic E-state index is 14.6. The first-order valence-corrected chi connectivity index (χ1v) is 10.8. The summed E-state index contributed by atoms with van der Waals surface area (Å²) >= 11 is 0. The number of carbonyl (C=O) groups is 1. The molecule has 0 saturated carbocycles. The Bertz CT molecular complexity index is 1110. The summed E-state index contributed by atoms with van der Waals surface area (Å²) in [5.74, 6) is 0.752. The molecule has 1 N–H and O–H groups in total. The van der Waals surface area contributed by atoms with E-state index in [1.165, 1.54) is 6.07 Å². The molecular formula is C25H31FN4O2. The van der Waals surface area contributed by atoms with Gasteiger partial charge in [-0.05, 0) is 73.7 Å². The molecule has 3 aromatic rings. The van der Waals surface area contributed by atoms with Crippen molar-refractivity contribution in [1.29, 1.82) is 0 Å². The molecule has 0 radical (unpaired) electrons. The monoisotopic (exact) mass is 438 g/mol. The van der Waals surface area contributed by atoms with Gasteiger partial charge in [0.25, 0.3) is 0 Å². The molecule has 170 valence electrons. The van der Waals surface area contributed by atoms with Crippen LogP contribution in [0.15, 0.2) is 42.9 Å². The number of halogens is 1. The maximum Gasteiger partial charge on any atom is 0.321 e. The summed E-state index contributed by atoms with van der Waals surface area (Å²) in [5, 5.41) is 2.77. The van der Waals surface area contributed by atoms with Crippen molar-refractivity contribution in [2.45, 2.75) is 47.1 Å². The van der Waals surface area contributed by atoms with E-state index in [0.717, 1.165) is 28.1 Å². The number of hydrogen-bond acceptors (Lipinski definition) is 3. The highest BCUT2D eigenvalue weighted by Crippen LogP contribution is 2.30. The van der Waals surface area contributed by atoms with Crippen LogP contribution in [0, 0.1) is 19.7 Å². The van der Waals surface area contributed by atoms with Gasteiger partial charge in [-0.2, -0.15) is 0 Å². The summed E-state index contributed by atoms with van der Waals surface area (Å²) in [6, 6.07) is 8.45. The number of nitrogens with zero attached hydrogens (tertiary/aromatic N) is 3. The average molecular weight is 439 g/mol. The Morgan fingerprint density at radius 3 is 2.59 bits per heavy atom. The summed E-state index contributed by atoms with van der Waals surface area (Å²) in [7, 11) is 1.72. The first kappa shape index (κ1) is 23.3. The lowest BCUT2D eigenvalue weighted by Crippen LogP contribution is -2.31. The topological polar surface area (TPSA) is 59.4 Å². The number of benzene rings is 2. The normalized spacial score (nSPS) is 11.0. The predicted octanol–water partition coefficient (Wildman–Crippen LogP) is 5.81. The van der Waals surface area contributed by atoms with Crippen molar-refractivity contribution in [3.63, 3.8) is 0 Å². The Kier molecular flexibility index (Phi) is 7.18. The molecule has 6 nitrogen and oxygen atoms in total. The second-order valence-electron chi connectivity index (χ2n) is 8.28. The Balaban J connectivity index is 1.72. The second kappa shape index (κ2) is 9.85. The van der Waals surface area contributed by atoms with Crippen LogP contribution < -0.4 is 10.1 Å². The molecule has 0 saturated heterocycles. The largest absolute Gasteiger partial charge is 0.494 e. The molecule has 0 aliphatic heterocycles. The molecule has 7 heteroatoms. The van der Waals surface area contributed by atoms with E-state index in [0.29, 0.717) is 30.4 Å². The zero-order valence-electron chi connectivity index (χ0n) is 19.6. The lowest BCUT2D eigenvalue weighted by Gasteiger charge is -2.22. The van der Waals surface area contributed by atoms with E-state index >= 15 is 0 Å². The third-order valence-corrected chi connectivity index (χ3v) is 5.33. The van der Waals surface area contributed by atoms with Crippen molar-refractivity contribution in [2.24, 2.45) is 0 Å². The van der Waals surface area contributed by atoms with Crippen molar-refractivity contribution >= 4 is 11.7 Å². The van der Waals surface area contributed by atoms with Crippen molar-refractivity contribution < 1.29 is 13.9 Å². The van der Waals surface area contributed by atoms with Gasteiger partial charge in [-0.1, -0.05) is 13.8 Å². The van der Waals surface area contributed by atoms with E-state index in [4.69, 9.17) is 4.74 Å². The molecule has 32 heavy (non-hydrogen) atoms. The summed E-state index contributed by atoms with van der Waals surface area (Å²) in [6.07, 6.45) is 3.30. The first-order valence-electron chi connectivity index (χ1n) is 10.8. The molecule has 0 fully saturated rings. The molecule has 3 rings (SSSR count). The minimum atomic E-state index is -0.438. The number of hydrogen-bond donors (Lipinski definition) is 1. The fourth-order valence-electron chi connectivity index (χ4n) is 3.54. The molecule has 0 unspecified atom stereocenters. The van der Waals surface area contributed by atoms with Gasteiger partial charge in [0.15, 0.2) is 0 Å². The van der Waals surface area contributed by atoms with Crippen LogP contribution in [0.25, 0.3) is 5.69 Å². The molecular weight excluding hydrogens is 407 g/mol. The third kappa shape index (κ3) is 5.28. The van der Waals surface area contributed by atoms with E-state index in [1.54, 1.807) is 41.2 Å². The number of rotatable bonds is 7. The van der Waals surface area contributed by atoms with Crippen LogP contribution >= 0.6 is 0 Å². The molecule has 0 atom stereocenters. The van der Waals surface area contributed by atoms with Crippen LogP contribution in [0.4, 0.5) is 14.9 Å². The van der Waals surface area contributed by atoms with Crippen molar-refractivity contribution in [1.82, 2.24) is 14.5 Å². The van der Waals surface area contributed by atoms with Gasteiger partial charge in [0.2, 0.25) is 0 Å². The molecule has 0 aliphatic rings. The van der Waals surface area contributed by atoms with Crippen LogP contribution in [0.2, 0.25) is 0 Å². The number of aryl methyl sites for hydroxylation is 2. The molecule has 2 amide bonds. The lowest BCUT2D eigenvalue weighted by molar-refractivity contribution is 0.220. The fourth-order valence-corrected chi connectivity index (χ4v) is 3.54. The zero-order chi connectivity index (χ0) is 23.4. The van der Waals surface area contributed by atoms with Gasteiger partial charge in [-0.15, -0.1) is 0 Å². The molecule has 1 heterocycles. The van der Waals surface area contributed by atoms with E-state index in [2.05, 4.69) is 30.2 Å². The third-order valence-electron chi connectivity index (χ3n) is 5.33. The van der Waals surface area contributed by atoms with Gasteiger partial charge in [0, 0.05) is 25.5 Å². The van der Waals surface area contributed by atoms with Crippen LogP contribution in [0.5, 0.6) is 5.75 Å². The number of anilines is 1. The number of urea groups is 1. The van der Waals surface area contributed by atoms with Gasteiger partial charge in [0.05, 0.1) is 24.3 Å². The summed E-state index contributed by atoms with van der Waals surface area (Å²) in [6.45, 7) is 11.1. The number of amides is 2. The highest BCUT2D eigenvalue weighted by atomic mass is 19.1. The number of ether oxygens (including phenoxy) is 1. The standard InChI is InChI=1S/C25H31FN4O2/c1-7-32-24-10-17(4)19(11-21(24)16(2)3)14-29(6)25(31)28-20-8-9-23(22(26)12-20)30-13-18(5)27-15-30/h8-13,15-16H,7,14H2,1-6H3,(H,28,31). The Hall–Kier alpha value is -3.35. The summed E-state index contributed by atoms with van der Waals surface area (Å²) in [4.78, 5) is 18.4. The number of aromatic nitrogens is 2. The van der Waals surface area contributed by atoms with Crippen molar-refractivity contribution in [3.8, 4) is 11.4 Å². The molecule has 0 aliphatic carbocycles. The van der Waals surface area contributed by atoms with E-state index in [9.17, 15) is 9.18 Å². The predicted molar refractivity (Wildman–Crippen MR) is 125 cm³/mol. The highest BCUT2D eigenvalue weighted by Gasteiger charge is 2.16. The molecule has 0 spiro atoms. The van der Waals surface area contributed by atoms with Crippen LogP contribution in [-0.4, -0.2) is 34.1 Å². The number of imidazole rings is 1. The molecule has 2 aromatic carbocycles. The minimum Gasteiger partial charge on any atom is -0.494 e. The Morgan fingerprint density at radius 2 is 2.00 bits per heavy atom. The quantitative estimate of drug-likeness (QED) is 0.506. The summed E-state index contributed by atoms with van der Waals surface area (Å²) < 4.78 is 22.0. The number of carbonyl (C=O) groups excluding carboxylic acids is 1. The van der Waals surface area contributed by atoms with Crippen LogP contribution in [0.3, 0.4) is 0 Å². The summed E-state index contributed by atoms with van der Waals surface area (Å²) in [5.41, 5.74) is 4.80. The number of nitrogens with one attached hydrogen (secondary N) is 1. The maximum atomic E-state index is 14.6. The molecule has 0 bridgehead atoms. The van der Waals surface area contributed by atoms with Gasteiger partial charge < -0.3 is 19.5 Å². The van der Waals surface area contributed by atoms with Gasteiger partial charge >= 0.3 is 6.03 Å². The van der Waals surface area contributed by atoms with Crippen molar-refractivity contribution in [2.75, 3.05) is 19.0 Å². The first-order chi connectivity index (χ1) is 15.2. The molecule has 1 aromatic heterocycles. The fraction of sp³-hybridized carbons (Fsp3) is 0.360. The van der Waals surface area contributed by atoms with Gasteiger partial charge in [-0.3, -0.25) is 0 Å². The Morgan fingerprint density at radius 1 is 1.25 bits per heavy atom. The zero-order valence-corrected chi connectivity index (χ0v) is 19.6. The van der Waals surface area contributed by atoms with E-state index < -0.39 is 5.82 Å². The average Bonchev–Trinajstić information content (AvgIpc) is 3.15. The highest BCUT2D eigenvalue weighted by molar-refractivity contribution is 5.89. The SMILES string of the molecule is CCOc1cc(C)c(CN(C)C(=O)Nc2ccc(-n3cnc(C)c3)c(F)c2)cc1C(C)C.